The summed E-state index contributed by atoms with van der Waals surface area (Å²) in [5.74, 6) is -0.697. The van der Waals surface area contributed by atoms with Crippen LogP contribution >= 0.6 is 0 Å². The van der Waals surface area contributed by atoms with E-state index in [4.69, 9.17) is 9.47 Å². The molecule has 0 saturated carbocycles. The number of anilines is 1. The Labute approximate surface area is 123 Å². The highest BCUT2D eigenvalue weighted by molar-refractivity contribution is 6.00. The van der Waals surface area contributed by atoms with Crippen molar-refractivity contribution in [1.29, 1.82) is 0 Å². The molecule has 0 saturated heterocycles. The molecule has 0 aliphatic carbocycles. The molecule has 1 aromatic heterocycles. The van der Waals surface area contributed by atoms with Gasteiger partial charge in [0, 0.05) is 38.1 Å². The number of ether oxygens (including phenoxy) is 2. The maximum atomic E-state index is 12.0. The summed E-state index contributed by atoms with van der Waals surface area (Å²) < 4.78 is 11.8. The number of aromatic nitrogens is 1. The Balaban J connectivity index is 2.50. The van der Waals surface area contributed by atoms with E-state index in [0.717, 1.165) is 17.1 Å². The SMILES string of the molecule is CCOC(=O)C1=CN(C)c2c(C(=O)OC)c(C)n(C)c2C1. The first-order valence-electron chi connectivity index (χ1n) is 6.79. The van der Waals surface area contributed by atoms with E-state index in [-0.39, 0.29) is 11.9 Å². The minimum Gasteiger partial charge on any atom is -0.465 e. The van der Waals surface area contributed by atoms with E-state index < -0.39 is 0 Å². The fraction of sp³-hybridized carbons (Fsp3) is 0.467. The van der Waals surface area contributed by atoms with E-state index in [0.29, 0.717) is 24.2 Å². The first-order valence-corrected chi connectivity index (χ1v) is 6.79. The molecule has 2 rings (SSSR count). The fourth-order valence-corrected chi connectivity index (χ4v) is 2.65. The van der Waals surface area contributed by atoms with Crippen LogP contribution in [-0.4, -0.2) is 37.3 Å². The zero-order valence-corrected chi connectivity index (χ0v) is 13.0. The van der Waals surface area contributed by atoms with Crippen molar-refractivity contribution in [2.75, 3.05) is 25.7 Å². The smallest absolute Gasteiger partial charge is 0.341 e. The summed E-state index contributed by atoms with van der Waals surface area (Å²) in [5, 5.41) is 0. The molecule has 6 nitrogen and oxygen atoms in total. The summed E-state index contributed by atoms with van der Waals surface area (Å²) in [7, 11) is 5.05. The average molecular weight is 292 g/mol. The van der Waals surface area contributed by atoms with Crippen LogP contribution in [0.3, 0.4) is 0 Å². The standard InChI is InChI=1S/C15H20N2O4/c1-6-21-14(18)10-7-11-13(16(3)8-10)12(15(19)20-5)9(2)17(11)4/h8H,6-7H2,1-5H3. The minimum atomic E-state index is -0.371. The van der Waals surface area contributed by atoms with Crippen LogP contribution in [0.1, 0.15) is 28.7 Å². The number of carbonyl (C=O) groups excluding carboxylic acids is 2. The predicted octanol–water partition coefficient (Wildman–Crippen LogP) is 1.56. The van der Waals surface area contributed by atoms with E-state index >= 15 is 0 Å². The number of esters is 2. The Kier molecular flexibility index (Phi) is 4.06. The Hall–Kier alpha value is -2.24. The van der Waals surface area contributed by atoms with Gasteiger partial charge >= 0.3 is 11.9 Å². The van der Waals surface area contributed by atoms with Gasteiger partial charge < -0.3 is 18.9 Å². The highest BCUT2D eigenvalue weighted by atomic mass is 16.5. The third-order valence-electron chi connectivity index (χ3n) is 3.77. The Morgan fingerprint density at radius 2 is 1.95 bits per heavy atom. The highest BCUT2D eigenvalue weighted by Crippen LogP contribution is 2.36. The van der Waals surface area contributed by atoms with Crippen molar-refractivity contribution in [1.82, 2.24) is 4.57 Å². The van der Waals surface area contributed by atoms with Crippen LogP contribution in [0, 0.1) is 6.92 Å². The first kappa shape index (κ1) is 15.2. The Morgan fingerprint density at radius 1 is 1.29 bits per heavy atom. The quantitative estimate of drug-likeness (QED) is 0.791. The van der Waals surface area contributed by atoms with Gasteiger partial charge in [-0.2, -0.15) is 0 Å². The van der Waals surface area contributed by atoms with Gasteiger partial charge in [0.15, 0.2) is 0 Å². The van der Waals surface area contributed by atoms with E-state index in [1.807, 2.05) is 25.6 Å². The zero-order valence-electron chi connectivity index (χ0n) is 13.0. The largest absolute Gasteiger partial charge is 0.465 e. The van der Waals surface area contributed by atoms with Gasteiger partial charge in [0.1, 0.15) is 5.56 Å². The third kappa shape index (κ3) is 2.41. The normalized spacial score (nSPS) is 13.6. The van der Waals surface area contributed by atoms with Crippen molar-refractivity contribution >= 4 is 17.6 Å². The molecule has 0 spiro atoms. The van der Waals surface area contributed by atoms with Crippen molar-refractivity contribution in [2.45, 2.75) is 20.3 Å². The summed E-state index contributed by atoms with van der Waals surface area (Å²) in [6.07, 6.45) is 2.15. The second kappa shape index (κ2) is 5.63. The molecule has 21 heavy (non-hydrogen) atoms. The lowest BCUT2D eigenvalue weighted by atomic mass is 10.0. The second-order valence-electron chi connectivity index (χ2n) is 4.97. The maximum absolute atomic E-state index is 12.0. The molecule has 0 amide bonds. The number of hydrogen-bond acceptors (Lipinski definition) is 5. The molecule has 0 radical (unpaired) electrons. The molecular weight excluding hydrogens is 272 g/mol. The second-order valence-corrected chi connectivity index (χ2v) is 4.97. The molecule has 114 valence electrons. The average Bonchev–Trinajstić information content (AvgIpc) is 2.71. The van der Waals surface area contributed by atoms with Gasteiger partial charge in [0.25, 0.3) is 0 Å². The number of carbonyl (C=O) groups is 2. The van der Waals surface area contributed by atoms with Crippen molar-refractivity contribution < 1.29 is 19.1 Å². The van der Waals surface area contributed by atoms with Gasteiger partial charge in [-0.05, 0) is 13.8 Å². The lowest BCUT2D eigenvalue weighted by molar-refractivity contribution is -0.138. The molecule has 1 aliphatic heterocycles. The molecule has 0 aromatic carbocycles. The van der Waals surface area contributed by atoms with E-state index in [1.165, 1.54) is 7.11 Å². The Morgan fingerprint density at radius 3 is 2.52 bits per heavy atom. The molecule has 0 fully saturated rings. The summed E-state index contributed by atoms with van der Waals surface area (Å²) in [6.45, 7) is 3.98. The summed E-state index contributed by atoms with van der Waals surface area (Å²) >= 11 is 0. The molecule has 2 heterocycles. The lowest BCUT2D eigenvalue weighted by Gasteiger charge is -2.24. The molecule has 0 bridgehead atoms. The van der Waals surface area contributed by atoms with Gasteiger partial charge in [-0.15, -0.1) is 0 Å². The van der Waals surface area contributed by atoms with E-state index in [9.17, 15) is 9.59 Å². The van der Waals surface area contributed by atoms with Crippen LogP contribution in [0.15, 0.2) is 11.8 Å². The summed E-state index contributed by atoms with van der Waals surface area (Å²) in [4.78, 5) is 25.7. The molecule has 1 aliphatic rings. The number of fused-ring (bicyclic) bond motifs is 1. The van der Waals surface area contributed by atoms with E-state index in [1.54, 1.807) is 18.0 Å². The van der Waals surface area contributed by atoms with E-state index in [2.05, 4.69) is 0 Å². The molecule has 0 N–H and O–H groups in total. The molecule has 6 heteroatoms. The molecule has 0 unspecified atom stereocenters. The van der Waals surface area contributed by atoms with Gasteiger partial charge in [-0.1, -0.05) is 0 Å². The van der Waals surface area contributed by atoms with Gasteiger partial charge in [-0.3, -0.25) is 0 Å². The summed E-state index contributed by atoms with van der Waals surface area (Å²) in [6, 6.07) is 0. The van der Waals surface area contributed by atoms with Crippen molar-refractivity contribution in [2.24, 2.45) is 7.05 Å². The fourth-order valence-electron chi connectivity index (χ4n) is 2.65. The third-order valence-corrected chi connectivity index (χ3v) is 3.77. The van der Waals surface area contributed by atoms with Gasteiger partial charge in [-0.25, -0.2) is 9.59 Å². The van der Waals surface area contributed by atoms with Crippen molar-refractivity contribution in [3.63, 3.8) is 0 Å². The highest BCUT2D eigenvalue weighted by Gasteiger charge is 2.31. The monoisotopic (exact) mass is 292 g/mol. The first-order chi connectivity index (χ1) is 9.92. The van der Waals surface area contributed by atoms with Crippen LogP contribution in [0.25, 0.3) is 0 Å². The number of hydrogen-bond donors (Lipinski definition) is 0. The lowest BCUT2D eigenvalue weighted by Crippen LogP contribution is -2.23. The molecule has 1 aromatic rings. The van der Waals surface area contributed by atoms with Crippen LogP contribution < -0.4 is 4.90 Å². The number of rotatable bonds is 3. The van der Waals surface area contributed by atoms with Crippen molar-refractivity contribution in [3.8, 4) is 0 Å². The maximum Gasteiger partial charge on any atom is 0.341 e. The topological polar surface area (TPSA) is 60.8 Å². The van der Waals surface area contributed by atoms with Gasteiger partial charge in [0.05, 0.1) is 25.0 Å². The molecular formula is C15H20N2O4. The van der Waals surface area contributed by atoms with Gasteiger partial charge in [0.2, 0.25) is 0 Å². The Bertz CT molecular complexity index is 628. The number of nitrogens with zero attached hydrogens (tertiary/aromatic N) is 2. The van der Waals surface area contributed by atoms with Crippen LogP contribution in [-0.2, 0) is 27.7 Å². The minimum absolute atomic E-state index is 0.325. The van der Waals surface area contributed by atoms with Crippen LogP contribution in [0.5, 0.6) is 0 Å². The van der Waals surface area contributed by atoms with Crippen molar-refractivity contribution in [3.05, 3.63) is 28.7 Å². The van der Waals surface area contributed by atoms with Crippen LogP contribution in [0.4, 0.5) is 5.69 Å². The number of methoxy groups -OCH3 is 1. The molecule has 0 atom stereocenters. The predicted molar refractivity (Wildman–Crippen MR) is 78.3 cm³/mol. The summed E-state index contributed by atoms with van der Waals surface area (Å²) in [5.41, 5.74) is 3.62. The van der Waals surface area contributed by atoms with Crippen LogP contribution in [0.2, 0.25) is 0 Å². The zero-order chi connectivity index (χ0) is 15.7.